The van der Waals surface area contributed by atoms with Gasteiger partial charge in [-0.1, -0.05) is 6.07 Å². The number of nitrogens with zero attached hydrogens (tertiary/aromatic N) is 3. The fourth-order valence-electron chi connectivity index (χ4n) is 3.52. The van der Waals surface area contributed by atoms with E-state index in [9.17, 15) is 9.50 Å². The average Bonchev–Trinajstić information content (AvgIpc) is 3.06. The minimum Gasteiger partial charge on any atom is -0.508 e. The first-order valence-corrected chi connectivity index (χ1v) is 8.16. The number of phenols is 1. The van der Waals surface area contributed by atoms with Crippen LogP contribution in [0, 0.1) is 5.82 Å². The van der Waals surface area contributed by atoms with Crippen LogP contribution in [0.5, 0.6) is 17.2 Å². The number of hydrogen-bond donors (Lipinski definition) is 2. The molecule has 0 amide bonds. The minimum absolute atomic E-state index is 0.00172. The van der Waals surface area contributed by atoms with Crippen molar-refractivity contribution in [3.63, 3.8) is 0 Å². The van der Waals surface area contributed by atoms with Crippen LogP contribution in [0.4, 0.5) is 4.39 Å². The van der Waals surface area contributed by atoms with Crippen LogP contribution in [-0.4, -0.2) is 27.7 Å². The second-order valence-electron chi connectivity index (χ2n) is 6.34. The Bertz CT molecular complexity index is 1100. The highest BCUT2D eigenvalue weighted by Crippen LogP contribution is 2.53. The zero-order chi connectivity index (χ0) is 18.6. The van der Waals surface area contributed by atoms with E-state index in [1.54, 1.807) is 18.5 Å². The quantitative estimate of drug-likeness (QED) is 0.688. The van der Waals surface area contributed by atoms with Crippen molar-refractivity contribution in [1.82, 2.24) is 9.97 Å². The van der Waals surface area contributed by atoms with Crippen LogP contribution in [0.2, 0.25) is 0 Å². The van der Waals surface area contributed by atoms with E-state index >= 15 is 0 Å². The minimum atomic E-state index is -1.11. The van der Waals surface area contributed by atoms with E-state index in [0.29, 0.717) is 16.9 Å². The number of halogens is 1. The number of phenolic OH excluding ortho intramolecular Hbond substituents is 1. The molecule has 0 aliphatic carbocycles. The molecule has 2 aliphatic rings. The van der Waals surface area contributed by atoms with Gasteiger partial charge in [-0.05, 0) is 23.8 Å². The highest BCUT2D eigenvalue weighted by atomic mass is 19.1. The predicted molar refractivity (Wildman–Crippen MR) is 94.0 cm³/mol. The number of benzene rings is 2. The largest absolute Gasteiger partial charge is 0.508 e. The van der Waals surface area contributed by atoms with E-state index in [4.69, 9.17) is 15.2 Å². The standard InChI is InChI=1S/C19H13FN4O3/c20-15-5-12(25)4-14-17(15)27-16-2-1-10(11-6-22-9-23-7-11)3-13(16)19(14)8-26-18(21)24-19/h1-7,9,25H,8H2,(H2,21,24)/t19-/m0/s1. The summed E-state index contributed by atoms with van der Waals surface area (Å²) in [6, 6.07) is 7.84. The molecule has 1 aromatic heterocycles. The Hall–Kier alpha value is -3.68. The van der Waals surface area contributed by atoms with Crippen LogP contribution < -0.4 is 10.5 Å². The Labute approximate surface area is 152 Å². The van der Waals surface area contributed by atoms with Gasteiger partial charge in [-0.2, -0.15) is 0 Å². The molecule has 3 N–H and O–H groups in total. The SMILES string of the molecule is NC1=N[C@@]2(CO1)c1cc(-c3cncnc3)ccc1Oc1c(F)cc(O)cc12. The van der Waals surface area contributed by atoms with Gasteiger partial charge in [0.2, 0.25) is 0 Å². The summed E-state index contributed by atoms with van der Waals surface area (Å²) in [7, 11) is 0. The van der Waals surface area contributed by atoms with Gasteiger partial charge in [-0.15, -0.1) is 0 Å². The fourth-order valence-corrected chi connectivity index (χ4v) is 3.52. The van der Waals surface area contributed by atoms with Crippen LogP contribution in [-0.2, 0) is 10.3 Å². The zero-order valence-corrected chi connectivity index (χ0v) is 13.9. The van der Waals surface area contributed by atoms with Gasteiger partial charge in [0.05, 0.1) is 0 Å². The van der Waals surface area contributed by atoms with Gasteiger partial charge in [-0.3, -0.25) is 0 Å². The van der Waals surface area contributed by atoms with Crippen LogP contribution in [0.15, 0.2) is 54.0 Å². The Morgan fingerprint density at radius 1 is 1.07 bits per heavy atom. The third-order valence-electron chi connectivity index (χ3n) is 4.73. The number of aromatic nitrogens is 2. The Morgan fingerprint density at radius 3 is 2.63 bits per heavy atom. The predicted octanol–water partition coefficient (Wildman–Crippen LogP) is 2.68. The molecule has 5 rings (SSSR count). The highest BCUT2D eigenvalue weighted by Gasteiger charge is 2.48. The number of aliphatic imine (C=N–C) groups is 1. The van der Waals surface area contributed by atoms with Crippen molar-refractivity contribution < 1.29 is 19.0 Å². The molecule has 0 unspecified atom stereocenters. The Kier molecular flexibility index (Phi) is 3.12. The van der Waals surface area contributed by atoms with Gasteiger partial charge < -0.3 is 20.3 Å². The third kappa shape index (κ3) is 2.23. The summed E-state index contributed by atoms with van der Waals surface area (Å²) in [6.45, 7) is 0.0693. The van der Waals surface area contributed by atoms with Crippen molar-refractivity contribution in [2.45, 2.75) is 5.54 Å². The van der Waals surface area contributed by atoms with Gasteiger partial charge in [0.15, 0.2) is 17.1 Å². The van der Waals surface area contributed by atoms with Gasteiger partial charge in [-0.25, -0.2) is 19.4 Å². The second kappa shape index (κ2) is 5.41. The molecule has 1 spiro atoms. The molecule has 134 valence electrons. The van der Waals surface area contributed by atoms with Crippen molar-refractivity contribution >= 4 is 6.02 Å². The maximum Gasteiger partial charge on any atom is 0.283 e. The second-order valence-corrected chi connectivity index (χ2v) is 6.34. The number of aromatic hydroxyl groups is 1. The molecule has 0 radical (unpaired) electrons. The summed E-state index contributed by atoms with van der Waals surface area (Å²) in [5.41, 5.74) is 7.33. The molecule has 2 aliphatic heterocycles. The summed E-state index contributed by atoms with van der Waals surface area (Å²) in [5, 5.41) is 9.93. The maximum absolute atomic E-state index is 14.5. The summed E-state index contributed by atoms with van der Waals surface area (Å²) in [5.74, 6) is -0.477. The van der Waals surface area contributed by atoms with Gasteiger partial charge in [0.25, 0.3) is 6.02 Å². The first-order chi connectivity index (χ1) is 13.1. The fraction of sp³-hybridized carbons (Fsp3) is 0.105. The lowest BCUT2D eigenvalue weighted by Gasteiger charge is -2.33. The monoisotopic (exact) mass is 364 g/mol. The van der Waals surface area contributed by atoms with Gasteiger partial charge >= 0.3 is 0 Å². The molecule has 27 heavy (non-hydrogen) atoms. The smallest absolute Gasteiger partial charge is 0.283 e. The van der Waals surface area contributed by atoms with Crippen molar-refractivity contribution in [1.29, 1.82) is 0 Å². The molecule has 1 atom stereocenters. The number of nitrogens with two attached hydrogens (primary N) is 1. The molecular formula is C19H13FN4O3. The molecule has 0 fully saturated rings. The lowest BCUT2D eigenvalue weighted by atomic mass is 9.80. The molecule has 0 saturated heterocycles. The first kappa shape index (κ1) is 15.6. The van der Waals surface area contributed by atoms with Crippen molar-refractivity contribution in [3.8, 4) is 28.4 Å². The van der Waals surface area contributed by atoms with E-state index in [-0.39, 0.29) is 24.1 Å². The van der Waals surface area contributed by atoms with Gasteiger partial charge in [0.1, 0.15) is 24.4 Å². The molecule has 0 bridgehead atoms. The summed E-state index contributed by atoms with van der Waals surface area (Å²) in [6.07, 6.45) is 4.82. The normalized spacial score (nSPS) is 19.7. The lowest BCUT2D eigenvalue weighted by Crippen LogP contribution is -2.31. The maximum atomic E-state index is 14.5. The highest BCUT2D eigenvalue weighted by molar-refractivity contribution is 5.78. The van der Waals surface area contributed by atoms with Crippen LogP contribution >= 0.6 is 0 Å². The summed E-state index contributed by atoms with van der Waals surface area (Å²) in [4.78, 5) is 12.5. The van der Waals surface area contributed by atoms with E-state index in [0.717, 1.165) is 17.2 Å². The van der Waals surface area contributed by atoms with Gasteiger partial charge in [0, 0.05) is 35.2 Å². The van der Waals surface area contributed by atoms with Crippen molar-refractivity contribution in [3.05, 3.63) is 66.0 Å². The van der Waals surface area contributed by atoms with Crippen molar-refractivity contribution in [2.75, 3.05) is 6.61 Å². The molecule has 0 saturated carbocycles. The first-order valence-electron chi connectivity index (χ1n) is 8.16. The molecular weight excluding hydrogens is 351 g/mol. The molecule has 3 heterocycles. The number of hydrogen-bond acceptors (Lipinski definition) is 7. The summed E-state index contributed by atoms with van der Waals surface area (Å²) >= 11 is 0. The number of ether oxygens (including phenoxy) is 2. The van der Waals surface area contributed by atoms with E-state index < -0.39 is 11.4 Å². The lowest BCUT2D eigenvalue weighted by molar-refractivity contribution is 0.261. The van der Waals surface area contributed by atoms with Crippen LogP contribution in [0.3, 0.4) is 0 Å². The Balaban J connectivity index is 1.78. The van der Waals surface area contributed by atoms with Crippen molar-refractivity contribution in [2.24, 2.45) is 10.7 Å². The average molecular weight is 364 g/mol. The zero-order valence-electron chi connectivity index (χ0n) is 13.9. The molecule has 8 heteroatoms. The number of fused-ring (bicyclic) bond motifs is 4. The number of amidine groups is 1. The van der Waals surface area contributed by atoms with E-state index in [1.165, 1.54) is 12.4 Å². The Morgan fingerprint density at radius 2 is 1.89 bits per heavy atom. The number of rotatable bonds is 1. The van der Waals surface area contributed by atoms with E-state index in [1.807, 2.05) is 12.1 Å². The molecule has 3 aromatic rings. The molecule has 7 nitrogen and oxygen atoms in total. The van der Waals surface area contributed by atoms with E-state index in [2.05, 4.69) is 15.0 Å². The van der Waals surface area contributed by atoms with Crippen LogP contribution in [0.1, 0.15) is 11.1 Å². The van der Waals surface area contributed by atoms with Crippen LogP contribution in [0.25, 0.3) is 11.1 Å². The topological polar surface area (TPSA) is 103 Å². The third-order valence-corrected chi connectivity index (χ3v) is 4.73. The summed E-state index contributed by atoms with van der Waals surface area (Å²) < 4.78 is 25.7. The molecule has 2 aromatic carbocycles.